The molecule has 1 heterocycles. The van der Waals surface area contributed by atoms with Crippen LogP contribution in [0.5, 0.6) is 0 Å². The highest BCUT2D eigenvalue weighted by Gasteiger charge is 2.22. The SMILES string of the molecule is CCNc1nccc(C(=O)N(C)CC(C)(C)C)c1F. The van der Waals surface area contributed by atoms with Gasteiger partial charge >= 0.3 is 0 Å². The van der Waals surface area contributed by atoms with Gasteiger partial charge in [-0.25, -0.2) is 9.37 Å². The lowest BCUT2D eigenvalue weighted by atomic mass is 9.96. The van der Waals surface area contributed by atoms with Crippen LogP contribution in [-0.2, 0) is 0 Å². The Balaban J connectivity index is 2.97. The van der Waals surface area contributed by atoms with E-state index in [4.69, 9.17) is 0 Å². The third kappa shape index (κ3) is 4.19. The van der Waals surface area contributed by atoms with Crippen molar-refractivity contribution in [2.45, 2.75) is 27.7 Å². The number of amides is 1. The molecule has 19 heavy (non-hydrogen) atoms. The van der Waals surface area contributed by atoms with Crippen LogP contribution in [0, 0.1) is 11.2 Å². The van der Waals surface area contributed by atoms with Crippen LogP contribution in [0.1, 0.15) is 38.1 Å². The average Bonchev–Trinajstić information content (AvgIpc) is 2.29. The number of hydrogen-bond acceptors (Lipinski definition) is 3. The highest BCUT2D eigenvalue weighted by Crippen LogP contribution is 2.19. The Hall–Kier alpha value is -1.65. The zero-order valence-electron chi connectivity index (χ0n) is 12.2. The first-order chi connectivity index (χ1) is 8.76. The van der Waals surface area contributed by atoms with Crippen molar-refractivity contribution in [2.24, 2.45) is 5.41 Å². The lowest BCUT2D eigenvalue weighted by Crippen LogP contribution is -2.35. The molecule has 0 spiro atoms. The van der Waals surface area contributed by atoms with E-state index < -0.39 is 5.82 Å². The molecule has 1 aromatic heterocycles. The van der Waals surface area contributed by atoms with Crippen molar-refractivity contribution in [3.8, 4) is 0 Å². The summed E-state index contributed by atoms with van der Waals surface area (Å²) >= 11 is 0. The first-order valence-electron chi connectivity index (χ1n) is 6.40. The fourth-order valence-corrected chi connectivity index (χ4v) is 1.89. The summed E-state index contributed by atoms with van der Waals surface area (Å²) in [5.74, 6) is -0.790. The maximum atomic E-state index is 14.1. The Bertz CT molecular complexity index is 454. The average molecular weight is 267 g/mol. The monoisotopic (exact) mass is 267 g/mol. The molecule has 0 saturated carbocycles. The smallest absolute Gasteiger partial charge is 0.256 e. The quantitative estimate of drug-likeness (QED) is 0.912. The van der Waals surface area contributed by atoms with Crippen molar-refractivity contribution in [1.29, 1.82) is 0 Å². The van der Waals surface area contributed by atoms with Crippen molar-refractivity contribution >= 4 is 11.7 Å². The highest BCUT2D eigenvalue weighted by atomic mass is 19.1. The number of carbonyl (C=O) groups is 1. The molecule has 4 nitrogen and oxygen atoms in total. The van der Waals surface area contributed by atoms with E-state index in [1.807, 2.05) is 27.7 Å². The summed E-state index contributed by atoms with van der Waals surface area (Å²) in [6.45, 7) is 9.06. The minimum absolute atomic E-state index is 0.0294. The molecule has 0 aliphatic carbocycles. The standard InChI is InChI=1S/C14H22FN3O/c1-6-16-12-11(15)10(7-8-17-12)13(19)18(5)9-14(2,3)4/h7-8H,6,9H2,1-5H3,(H,16,17). The summed E-state index contributed by atoms with van der Waals surface area (Å²) in [6, 6.07) is 1.41. The maximum absolute atomic E-state index is 14.1. The molecule has 1 aromatic rings. The van der Waals surface area contributed by atoms with E-state index in [0.29, 0.717) is 13.1 Å². The summed E-state index contributed by atoms with van der Waals surface area (Å²) < 4.78 is 14.1. The van der Waals surface area contributed by atoms with E-state index in [1.54, 1.807) is 7.05 Å². The third-order valence-electron chi connectivity index (χ3n) is 2.52. The number of nitrogens with zero attached hydrogens (tertiary/aromatic N) is 2. The summed E-state index contributed by atoms with van der Waals surface area (Å²) in [5, 5.41) is 2.80. The second-order valence-electron chi connectivity index (χ2n) is 5.77. The van der Waals surface area contributed by atoms with E-state index >= 15 is 0 Å². The normalized spacial score (nSPS) is 11.3. The second kappa shape index (κ2) is 5.99. The summed E-state index contributed by atoms with van der Waals surface area (Å²) in [6.07, 6.45) is 1.44. The molecule has 0 aromatic carbocycles. The summed E-state index contributed by atoms with van der Waals surface area (Å²) in [7, 11) is 1.68. The Morgan fingerprint density at radius 3 is 2.63 bits per heavy atom. The number of carbonyl (C=O) groups excluding carboxylic acids is 1. The Morgan fingerprint density at radius 1 is 1.47 bits per heavy atom. The number of pyridine rings is 1. The van der Waals surface area contributed by atoms with Gasteiger partial charge in [-0.1, -0.05) is 20.8 Å². The van der Waals surface area contributed by atoms with Crippen LogP contribution in [-0.4, -0.2) is 35.9 Å². The first-order valence-corrected chi connectivity index (χ1v) is 6.40. The zero-order valence-corrected chi connectivity index (χ0v) is 12.2. The first kappa shape index (κ1) is 15.4. The van der Waals surface area contributed by atoms with Crippen LogP contribution in [0.25, 0.3) is 0 Å². The van der Waals surface area contributed by atoms with Gasteiger partial charge in [0.05, 0.1) is 5.56 Å². The van der Waals surface area contributed by atoms with Gasteiger partial charge in [0.25, 0.3) is 5.91 Å². The molecular weight excluding hydrogens is 245 g/mol. The molecule has 0 aliphatic heterocycles. The Labute approximate surface area is 114 Å². The fourth-order valence-electron chi connectivity index (χ4n) is 1.89. The summed E-state index contributed by atoms with van der Waals surface area (Å²) in [5.41, 5.74) is 0.0241. The molecule has 1 N–H and O–H groups in total. The molecule has 106 valence electrons. The predicted molar refractivity (Wildman–Crippen MR) is 74.8 cm³/mol. The maximum Gasteiger partial charge on any atom is 0.256 e. The van der Waals surface area contributed by atoms with Crippen molar-refractivity contribution in [3.63, 3.8) is 0 Å². The summed E-state index contributed by atoms with van der Waals surface area (Å²) in [4.78, 5) is 17.7. The van der Waals surface area contributed by atoms with Gasteiger partial charge in [-0.3, -0.25) is 4.79 Å². The molecule has 0 bridgehead atoms. The highest BCUT2D eigenvalue weighted by molar-refractivity contribution is 5.95. The number of hydrogen-bond donors (Lipinski definition) is 1. The van der Waals surface area contributed by atoms with Gasteiger partial charge in [0.2, 0.25) is 0 Å². The number of halogens is 1. The lowest BCUT2D eigenvalue weighted by Gasteiger charge is -2.26. The van der Waals surface area contributed by atoms with Gasteiger partial charge in [0.1, 0.15) is 0 Å². The van der Waals surface area contributed by atoms with E-state index in [1.165, 1.54) is 17.2 Å². The minimum Gasteiger partial charge on any atom is -0.368 e. The fraction of sp³-hybridized carbons (Fsp3) is 0.571. The van der Waals surface area contributed by atoms with E-state index in [-0.39, 0.29) is 22.7 Å². The molecule has 1 rings (SSSR count). The molecule has 5 heteroatoms. The van der Waals surface area contributed by atoms with Crippen molar-refractivity contribution in [1.82, 2.24) is 9.88 Å². The van der Waals surface area contributed by atoms with Crippen molar-refractivity contribution in [3.05, 3.63) is 23.6 Å². The largest absolute Gasteiger partial charge is 0.368 e. The van der Waals surface area contributed by atoms with Crippen LogP contribution in [0.4, 0.5) is 10.2 Å². The Kier molecular flexibility index (Phi) is 4.86. The second-order valence-corrected chi connectivity index (χ2v) is 5.77. The van der Waals surface area contributed by atoms with Crippen LogP contribution < -0.4 is 5.32 Å². The van der Waals surface area contributed by atoms with Gasteiger partial charge in [0.15, 0.2) is 11.6 Å². The van der Waals surface area contributed by atoms with Gasteiger partial charge in [-0.15, -0.1) is 0 Å². The molecule has 0 fully saturated rings. The topological polar surface area (TPSA) is 45.2 Å². The van der Waals surface area contributed by atoms with E-state index in [9.17, 15) is 9.18 Å². The number of rotatable bonds is 4. The van der Waals surface area contributed by atoms with E-state index in [2.05, 4.69) is 10.3 Å². The van der Waals surface area contributed by atoms with Crippen LogP contribution in [0.15, 0.2) is 12.3 Å². The van der Waals surface area contributed by atoms with Gasteiger partial charge < -0.3 is 10.2 Å². The van der Waals surface area contributed by atoms with Crippen LogP contribution in [0.3, 0.4) is 0 Å². The van der Waals surface area contributed by atoms with Crippen molar-refractivity contribution in [2.75, 3.05) is 25.5 Å². The van der Waals surface area contributed by atoms with E-state index in [0.717, 1.165) is 0 Å². The van der Waals surface area contributed by atoms with Crippen LogP contribution >= 0.6 is 0 Å². The molecule has 0 aliphatic rings. The molecule has 0 unspecified atom stereocenters. The van der Waals surface area contributed by atoms with Gasteiger partial charge in [-0.2, -0.15) is 0 Å². The van der Waals surface area contributed by atoms with Gasteiger partial charge in [-0.05, 0) is 18.4 Å². The van der Waals surface area contributed by atoms with Crippen molar-refractivity contribution < 1.29 is 9.18 Å². The molecule has 0 saturated heterocycles. The van der Waals surface area contributed by atoms with Crippen LogP contribution in [0.2, 0.25) is 0 Å². The molecular formula is C14H22FN3O. The molecule has 0 atom stereocenters. The number of nitrogens with one attached hydrogen (secondary N) is 1. The number of anilines is 1. The molecule has 1 amide bonds. The number of aromatic nitrogens is 1. The lowest BCUT2D eigenvalue weighted by molar-refractivity contribution is 0.0741. The minimum atomic E-state index is -0.588. The Morgan fingerprint density at radius 2 is 2.11 bits per heavy atom. The predicted octanol–water partition coefficient (Wildman–Crippen LogP) is 2.77. The van der Waals surface area contributed by atoms with Gasteiger partial charge in [0, 0.05) is 26.3 Å². The third-order valence-corrected chi connectivity index (χ3v) is 2.52. The zero-order chi connectivity index (χ0) is 14.6. The molecule has 0 radical (unpaired) electrons.